The molecule has 1 aliphatic rings. The number of nitrogens with one attached hydrogen (secondary N) is 4. The molecule has 1 unspecified atom stereocenters. The van der Waals surface area contributed by atoms with Crippen molar-refractivity contribution >= 4 is 27.8 Å². The van der Waals surface area contributed by atoms with Crippen LogP contribution in [0.3, 0.4) is 0 Å². The van der Waals surface area contributed by atoms with E-state index < -0.39 is 0 Å². The summed E-state index contributed by atoms with van der Waals surface area (Å²) in [7, 11) is 0. The third-order valence-corrected chi connectivity index (χ3v) is 5.85. The fourth-order valence-corrected chi connectivity index (χ4v) is 4.22. The van der Waals surface area contributed by atoms with Gasteiger partial charge in [-0.25, -0.2) is 4.98 Å². The lowest BCUT2D eigenvalue weighted by molar-refractivity contribution is 0.787. The summed E-state index contributed by atoms with van der Waals surface area (Å²) < 4.78 is 0. The fourth-order valence-electron chi connectivity index (χ4n) is 4.22. The Balaban J connectivity index is 1.37. The van der Waals surface area contributed by atoms with E-state index in [1.165, 1.54) is 0 Å². The molecule has 5 aromatic rings. The first-order valence-electron chi connectivity index (χ1n) is 10.3. The van der Waals surface area contributed by atoms with Gasteiger partial charge in [0.05, 0.1) is 5.52 Å². The number of aromatic amines is 2. The molecule has 2 aromatic carbocycles. The number of hydrogen-bond acceptors (Lipinski definition) is 4. The first kappa shape index (κ1) is 17.2. The highest BCUT2D eigenvalue weighted by Crippen LogP contribution is 2.30. The normalized spacial score (nSPS) is 16.5. The van der Waals surface area contributed by atoms with Gasteiger partial charge in [0, 0.05) is 40.8 Å². The zero-order valence-electron chi connectivity index (χ0n) is 16.4. The molecule has 0 aliphatic carbocycles. The highest BCUT2D eigenvalue weighted by atomic mass is 15.2. The van der Waals surface area contributed by atoms with Gasteiger partial charge in [-0.15, -0.1) is 0 Å². The lowest BCUT2D eigenvalue weighted by atomic mass is 10.0. The van der Waals surface area contributed by atoms with Crippen molar-refractivity contribution in [1.82, 2.24) is 25.5 Å². The van der Waals surface area contributed by atoms with E-state index in [-0.39, 0.29) is 0 Å². The molecule has 4 N–H and O–H groups in total. The highest BCUT2D eigenvalue weighted by Gasteiger charge is 2.17. The van der Waals surface area contributed by atoms with Crippen molar-refractivity contribution in [2.75, 3.05) is 18.4 Å². The molecule has 6 nitrogen and oxygen atoms in total. The molecular weight excluding hydrogens is 372 g/mol. The number of pyridine rings is 1. The molecule has 6 heteroatoms. The van der Waals surface area contributed by atoms with Gasteiger partial charge in [-0.2, -0.15) is 5.10 Å². The molecular formula is C24H22N6. The molecule has 0 saturated carbocycles. The third kappa shape index (κ3) is 3.02. The minimum absolute atomic E-state index is 0.425. The Morgan fingerprint density at radius 1 is 0.933 bits per heavy atom. The summed E-state index contributed by atoms with van der Waals surface area (Å²) in [5.41, 5.74) is 6.41. The number of fused-ring (bicyclic) bond motifs is 2. The van der Waals surface area contributed by atoms with Crippen molar-refractivity contribution in [3.8, 4) is 22.4 Å². The minimum Gasteiger partial charge on any atom is -0.364 e. The van der Waals surface area contributed by atoms with Crippen LogP contribution in [0.25, 0.3) is 44.3 Å². The molecule has 1 atom stereocenters. The van der Waals surface area contributed by atoms with Gasteiger partial charge in [-0.05, 0) is 48.4 Å². The number of anilines is 1. The number of rotatable bonds is 4. The van der Waals surface area contributed by atoms with E-state index in [1.54, 1.807) is 0 Å². The Kier molecular flexibility index (Phi) is 4.02. The number of benzene rings is 2. The monoisotopic (exact) mass is 394 g/mol. The minimum atomic E-state index is 0.425. The maximum absolute atomic E-state index is 4.67. The van der Waals surface area contributed by atoms with E-state index >= 15 is 0 Å². The predicted octanol–water partition coefficient (Wildman–Crippen LogP) is 4.55. The molecule has 3 aromatic heterocycles. The maximum atomic E-state index is 4.67. The second-order valence-electron chi connectivity index (χ2n) is 7.88. The van der Waals surface area contributed by atoms with Crippen LogP contribution in [0.1, 0.15) is 6.42 Å². The van der Waals surface area contributed by atoms with Gasteiger partial charge >= 0.3 is 0 Å². The number of hydrogen-bond donors (Lipinski definition) is 4. The Morgan fingerprint density at radius 2 is 1.87 bits per heavy atom. The lowest BCUT2D eigenvalue weighted by Gasteiger charge is -2.10. The Bertz CT molecular complexity index is 1330. The maximum Gasteiger partial charge on any atom is 0.156 e. The number of nitrogens with zero attached hydrogens (tertiary/aromatic N) is 2. The van der Waals surface area contributed by atoms with Gasteiger partial charge in [-0.3, -0.25) is 5.10 Å². The zero-order valence-corrected chi connectivity index (χ0v) is 16.4. The SMILES string of the molecule is c1ccc(-c2cc3cc(-c4ccc5[nH]nc(NC6CCNC6)c5c4)cnc3[nH]2)cc1. The summed E-state index contributed by atoms with van der Waals surface area (Å²) in [6.45, 7) is 2.03. The van der Waals surface area contributed by atoms with E-state index in [9.17, 15) is 0 Å². The first-order chi connectivity index (χ1) is 14.8. The van der Waals surface area contributed by atoms with Gasteiger partial charge in [-0.1, -0.05) is 36.4 Å². The van der Waals surface area contributed by atoms with Crippen molar-refractivity contribution in [2.45, 2.75) is 12.5 Å². The largest absolute Gasteiger partial charge is 0.364 e. The van der Waals surface area contributed by atoms with E-state index in [1.807, 2.05) is 24.4 Å². The molecule has 148 valence electrons. The summed E-state index contributed by atoms with van der Waals surface area (Å²) >= 11 is 0. The van der Waals surface area contributed by atoms with Crippen molar-refractivity contribution in [1.29, 1.82) is 0 Å². The van der Waals surface area contributed by atoms with E-state index in [4.69, 9.17) is 0 Å². The Hall–Kier alpha value is -3.64. The molecule has 1 aliphatic heterocycles. The van der Waals surface area contributed by atoms with Crippen LogP contribution in [-0.4, -0.2) is 39.3 Å². The molecule has 0 spiro atoms. The topological polar surface area (TPSA) is 81.4 Å². The van der Waals surface area contributed by atoms with Crippen LogP contribution in [0.2, 0.25) is 0 Å². The van der Waals surface area contributed by atoms with Gasteiger partial charge in [0.25, 0.3) is 0 Å². The van der Waals surface area contributed by atoms with Crippen LogP contribution in [0, 0.1) is 0 Å². The summed E-state index contributed by atoms with van der Waals surface area (Å²) in [6.07, 6.45) is 3.05. The standard InChI is InChI=1S/C24H22N6/c1-2-4-15(5-3-1)22-12-17-10-18(13-26-23(17)28-22)16-6-7-21-20(11-16)24(30-29-21)27-19-8-9-25-14-19/h1-7,10-13,19,25H,8-9,14H2,(H,26,28)(H2,27,29,30). The van der Waals surface area contributed by atoms with Crippen LogP contribution in [0.4, 0.5) is 5.82 Å². The van der Waals surface area contributed by atoms with Gasteiger partial charge < -0.3 is 15.6 Å². The highest BCUT2D eigenvalue weighted by molar-refractivity contribution is 5.94. The average Bonchev–Trinajstić information content (AvgIpc) is 3.54. The van der Waals surface area contributed by atoms with Crippen LogP contribution in [0.5, 0.6) is 0 Å². The van der Waals surface area contributed by atoms with Gasteiger partial charge in [0.15, 0.2) is 5.82 Å². The summed E-state index contributed by atoms with van der Waals surface area (Å²) in [5, 5.41) is 16.8. The Morgan fingerprint density at radius 3 is 2.73 bits per heavy atom. The molecule has 30 heavy (non-hydrogen) atoms. The van der Waals surface area contributed by atoms with Crippen LogP contribution >= 0.6 is 0 Å². The van der Waals surface area contributed by atoms with Crippen LogP contribution in [-0.2, 0) is 0 Å². The quantitative estimate of drug-likeness (QED) is 0.361. The predicted molar refractivity (Wildman–Crippen MR) is 122 cm³/mol. The second kappa shape index (κ2) is 7.00. The number of aromatic nitrogens is 4. The fraction of sp³-hybridized carbons (Fsp3) is 0.167. The lowest BCUT2D eigenvalue weighted by Crippen LogP contribution is -2.22. The molecule has 6 rings (SSSR count). The van der Waals surface area contributed by atoms with Crippen LogP contribution in [0.15, 0.2) is 66.9 Å². The smallest absolute Gasteiger partial charge is 0.156 e. The van der Waals surface area contributed by atoms with Crippen molar-refractivity contribution in [3.05, 3.63) is 66.9 Å². The summed E-state index contributed by atoms with van der Waals surface area (Å²) in [6, 6.07) is 21.5. The Labute approximate surface area is 173 Å². The molecule has 0 radical (unpaired) electrons. The third-order valence-electron chi connectivity index (χ3n) is 5.85. The van der Waals surface area contributed by atoms with E-state index in [0.29, 0.717) is 6.04 Å². The summed E-state index contributed by atoms with van der Waals surface area (Å²) in [5.74, 6) is 0.919. The second-order valence-corrected chi connectivity index (χ2v) is 7.88. The van der Waals surface area contributed by atoms with Gasteiger partial charge in [0.2, 0.25) is 0 Å². The zero-order chi connectivity index (χ0) is 19.9. The molecule has 0 bridgehead atoms. The summed E-state index contributed by atoms with van der Waals surface area (Å²) in [4.78, 5) is 8.10. The average molecular weight is 394 g/mol. The molecule has 1 fully saturated rings. The van der Waals surface area contributed by atoms with E-state index in [0.717, 1.165) is 69.6 Å². The van der Waals surface area contributed by atoms with Crippen molar-refractivity contribution in [2.24, 2.45) is 0 Å². The van der Waals surface area contributed by atoms with Crippen molar-refractivity contribution < 1.29 is 0 Å². The molecule has 1 saturated heterocycles. The molecule has 0 amide bonds. The van der Waals surface area contributed by atoms with Crippen LogP contribution < -0.4 is 10.6 Å². The first-order valence-corrected chi connectivity index (χ1v) is 10.3. The molecule has 4 heterocycles. The van der Waals surface area contributed by atoms with E-state index in [2.05, 4.69) is 73.3 Å². The van der Waals surface area contributed by atoms with Crippen molar-refractivity contribution in [3.63, 3.8) is 0 Å². The van der Waals surface area contributed by atoms with Gasteiger partial charge in [0.1, 0.15) is 5.65 Å². The number of H-pyrrole nitrogens is 2.